The summed E-state index contributed by atoms with van der Waals surface area (Å²) in [5, 5.41) is 5.34. The van der Waals surface area contributed by atoms with Gasteiger partial charge in [0.15, 0.2) is 0 Å². The zero-order chi connectivity index (χ0) is 24.5. The Bertz CT molecular complexity index is 1340. The van der Waals surface area contributed by atoms with Gasteiger partial charge in [-0.15, -0.1) is 0 Å². The van der Waals surface area contributed by atoms with Gasteiger partial charge in [-0.25, -0.2) is 4.68 Å². The van der Waals surface area contributed by atoms with Gasteiger partial charge in [0.05, 0.1) is 16.8 Å². The van der Waals surface area contributed by atoms with Crippen molar-refractivity contribution in [2.45, 2.75) is 39.5 Å². The zero-order valence-electron chi connectivity index (χ0n) is 18.9. The molecule has 176 valence electrons. The van der Waals surface area contributed by atoms with Crippen LogP contribution in [0.3, 0.4) is 0 Å². The lowest BCUT2D eigenvalue weighted by Gasteiger charge is -2.17. The fourth-order valence-corrected chi connectivity index (χ4v) is 3.63. The van der Waals surface area contributed by atoms with Crippen molar-refractivity contribution in [1.82, 2.24) is 9.78 Å². The molecule has 8 heteroatoms. The molecule has 0 N–H and O–H groups in total. The van der Waals surface area contributed by atoms with Gasteiger partial charge in [0.2, 0.25) is 0 Å². The molecule has 4 rings (SSSR count). The lowest BCUT2D eigenvalue weighted by molar-refractivity contribution is -0.137. The number of aryl methyl sites for hydroxylation is 1. The number of alkyl halides is 3. The minimum Gasteiger partial charge on any atom is -0.486 e. The smallest absolute Gasteiger partial charge is 0.416 e. The molecule has 0 saturated carbocycles. The number of aromatic nitrogens is 2. The molecule has 34 heavy (non-hydrogen) atoms. The fraction of sp³-hybridized carbons (Fsp3) is 0.231. The summed E-state index contributed by atoms with van der Waals surface area (Å²) >= 11 is 0. The van der Waals surface area contributed by atoms with Crippen LogP contribution in [-0.4, -0.2) is 15.7 Å². The third-order valence-electron chi connectivity index (χ3n) is 5.42. The molecule has 0 amide bonds. The van der Waals surface area contributed by atoms with E-state index in [4.69, 9.17) is 9.47 Å². The van der Waals surface area contributed by atoms with Crippen molar-refractivity contribution in [3.05, 3.63) is 83.6 Å². The Morgan fingerprint density at radius 1 is 1.09 bits per heavy atom. The van der Waals surface area contributed by atoms with Crippen LogP contribution in [0.2, 0.25) is 0 Å². The molecule has 0 spiro atoms. The summed E-state index contributed by atoms with van der Waals surface area (Å²) in [6.45, 7) is 5.43. The van der Waals surface area contributed by atoms with Crippen LogP contribution < -0.4 is 9.47 Å². The topological polar surface area (TPSA) is 53.4 Å². The Balaban J connectivity index is 1.61. The van der Waals surface area contributed by atoms with Crippen LogP contribution in [-0.2, 0) is 11.0 Å². The molecule has 4 aromatic rings. The molecule has 5 nitrogen and oxygen atoms in total. The highest BCUT2D eigenvalue weighted by atomic mass is 19.4. The number of esters is 1. The predicted molar refractivity (Wildman–Crippen MR) is 122 cm³/mol. The highest BCUT2D eigenvalue weighted by Gasteiger charge is 2.30. The monoisotopic (exact) mass is 468 g/mol. The number of ether oxygens (including phenoxy) is 2. The van der Waals surface area contributed by atoms with Crippen molar-refractivity contribution >= 4 is 16.9 Å². The average Bonchev–Trinajstić information content (AvgIpc) is 3.24. The number of carbonyl (C=O) groups is 1. The van der Waals surface area contributed by atoms with Crippen molar-refractivity contribution in [2.75, 3.05) is 0 Å². The maximum absolute atomic E-state index is 13.1. The number of nitrogens with zero attached hydrogens (tertiary/aromatic N) is 2. The van der Waals surface area contributed by atoms with E-state index in [2.05, 4.69) is 5.10 Å². The first-order valence-electron chi connectivity index (χ1n) is 10.8. The second-order valence-corrected chi connectivity index (χ2v) is 7.92. The summed E-state index contributed by atoms with van der Waals surface area (Å²) in [5.74, 6) is 0.762. The van der Waals surface area contributed by atoms with Gasteiger partial charge >= 0.3 is 12.1 Å². The van der Waals surface area contributed by atoms with Gasteiger partial charge < -0.3 is 9.47 Å². The van der Waals surface area contributed by atoms with Crippen molar-refractivity contribution in [2.24, 2.45) is 0 Å². The second-order valence-electron chi connectivity index (χ2n) is 7.92. The maximum Gasteiger partial charge on any atom is 0.416 e. The molecule has 0 saturated heterocycles. The number of rotatable bonds is 6. The molecule has 0 aliphatic carbocycles. The Hall–Kier alpha value is -3.81. The molecular weight excluding hydrogens is 445 g/mol. The molecular formula is C26H23F3N2O3. The Labute approximate surface area is 194 Å². The Morgan fingerprint density at radius 2 is 1.85 bits per heavy atom. The first-order valence-corrected chi connectivity index (χ1v) is 10.8. The third kappa shape index (κ3) is 4.90. The molecule has 0 aliphatic heterocycles. The summed E-state index contributed by atoms with van der Waals surface area (Å²) in [6, 6.07) is 15.8. The normalized spacial score (nSPS) is 12.5. The highest BCUT2D eigenvalue weighted by molar-refractivity contribution is 5.82. The molecule has 0 radical (unpaired) electrons. The first-order chi connectivity index (χ1) is 16.2. The standard InChI is InChI=1S/C26H23F3N2O3/c1-4-24(32)34-23-12-11-21(13-16(23)2)33-17(3)22-10-5-7-18-15-31(30-25(18)22)20-9-6-8-19(14-20)26(27,28)29/h5-15,17H,4H2,1-3H3. The summed E-state index contributed by atoms with van der Waals surface area (Å²) in [4.78, 5) is 11.6. The maximum atomic E-state index is 13.1. The van der Waals surface area contributed by atoms with Gasteiger partial charge in [-0.2, -0.15) is 18.3 Å². The van der Waals surface area contributed by atoms with Gasteiger partial charge in [-0.3, -0.25) is 4.79 Å². The lowest BCUT2D eigenvalue weighted by Crippen LogP contribution is -2.07. The number of halogens is 3. The van der Waals surface area contributed by atoms with E-state index < -0.39 is 17.8 Å². The zero-order valence-corrected chi connectivity index (χ0v) is 18.9. The molecule has 1 atom stereocenters. The minimum absolute atomic E-state index is 0.284. The number of carbonyl (C=O) groups excluding carboxylic acids is 1. The predicted octanol–water partition coefficient (Wildman–Crippen LogP) is 6.81. The van der Waals surface area contributed by atoms with Crippen molar-refractivity contribution in [1.29, 1.82) is 0 Å². The van der Waals surface area contributed by atoms with Crippen LogP contribution in [0.15, 0.2) is 66.9 Å². The molecule has 0 bridgehead atoms. The SMILES string of the molecule is CCC(=O)Oc1ccc(OC(C)c2cccc3cn(-c4cccc(C(F)(F)F)c4)nc23)cc1C. The van der Waals surface area contributed by atoms with Gasteiger partial charge in [-0.1, -0.05) is 31.2 Å². The van der Waals surface area contributed by atoms with E-state index in [0.717, 1.165) is 28.6 Å². The molecule has 0 fully saturated rings. The Kier molecular flexibility index (Phi) is 6.32. The van der Waals surface area contributed by atoms with Crippen molar-refractivity contribution < 1.29 is 27.4 Å². The van der Waals surface area contributed by atoms with E-state index in [1.807, 2.05) is 32.0 Å². The van der Waals surface area contributed by atoms with Gasteiger partial charge in [0.1, 0.15) is 17.6 Å². The molecule has 1 aromatic heterocycles. The molecule has 1 heterocycles. The summed E-state index contributed by atoms with van der Waals surface area (Å²) in [5.41, 5.74) is 1.78. The van der Waals surface area contributed by atoms with Gasteiger partial charge in [0, 0.05) is 23.6 Å². The second kappa shape index (κ2) is 9.21. The molecule has 3 aromatic carbocycles. The van der Waals surface area contributed by atoms with Gasteiger partial charge in [-0.05, 0) is 55.8 Å². The minimum atomic E-state index is -4.43. The summed E-state index contributed by atoms with van der Waals surface area (Å²) < 4.78 is 52.2. The van der Waals surface area contributed by atoms with Crippen molar-refractivity contribution in [3.8, 4) is 17.2 Å². The third-order valence-corrected chi connectivity index (χ3v) is 5.42. The van der Waals surface area contributed by atoms with E-state index in [1.165, 1.54) is 10.7 Å². The first kappa shape index (κ1) is 23.4. The van der Waals surface area contributed by atoms with E-state index in [1.54, 1.807) is 37.4 Å². The largest absolute Gasteiger partial charge is 0.486 e. The van der Waals surface area contributed by atoms with Crippen LogP contribution in [0.1, 0.15) is 43.1 Å². The Morgan fingerprint density at radius 3 is 2.56 bits per heavy atom. The van der Waals surface area contributed by atoms with Gasteiger partial charge in [0.25, 0.3) is 0 Å². The fourth-order valence-electron chi connectivity index (χ4n) is 3.63. The average molecular weight is 468 g/mol. The summed E-state index contributed by atoms with van der Waals surface area (Å²) in [7, 11) is 0. The number of benzene rings is 3. The van der Waals surface area contributed by atoms with E-state index in [-0.39, 0.29) is 12.4 Å². The quantitative estimate of drug-likeness (QED) is 0.230. The van der Waals surface area contributed by atoms with Crippen LogP contribution >= 0.6 is 0 Å². The van der Waals surface area contributed by atoms with Crippen LogP contribution in [0, 0.1) is 6.92 Å². The van der Waals surface area contributed by atoms with Crippen LogP contribution in [0.4, 0.5) is 13.2 Å². The molecule has 0 aliphatic rings. The highest BCUT2D eigenvalue weighted by Crippen LogP contribution is 2.32. The lowest BCUT2D eigenvalue weighted by atomic mass is 10.1. The van der Waals surface area contributed by atoms with E-state index >= 15 is 0 Å². The molecule has 1 unspecified atom stereocenters. The van der Waals surface area contributed by atoms with E-state index in [9.17, 15) is 18.0 Å². The van der Waals surface area contributed by atoms with Crippen LogP contribution in [0.5, 0.6) is 11.5 Å². The van der Waals surface area contributed by atoms with Crippen LogP contribution in [0.25, 0.3) is 16.6 Å². The van der Waals surface area contributed by atoms with Crippen molar-refractivity contribution in [3.63, 3.8) is 0 Å². The summed E-state index contributed by atoms with van der Waals surface area (Å²) in [6.07, 6.45) is -2.84. The number of fused-ring (bicyclic) bond motifs is 1. The number of hydrogen-bond donors (Lipinski definition) is 0. The van der Waals surface area contributed by atoms with E-state index in [0.29, 0.717) is 22.7 Å². The number of hydrogen-bond acceptors (Lipinski definition) is 4.